The van der Waals surface area contributed by atoms with Crippen molar-refractivity contribution < 1.29 is 9.53 Å². The first-order chi connectivity index (χ1) is 12.1. The van der Waals surface area contributed by atoms with E-state index >= 15 is 0 Å². The molecule has 0 aromatic carbocycles. The largest absolute Gasteiger partial charge is 0.373 e. The van der Waals surface area contributed by atoms with Crippen LogP contribution in [-0.4, -0.2) is 42.0 Å². The molecular formula is C20H29N3O2. The molecule has 5 nitrogen and oxygen atoms in total. The summed E-state index contributed by atoms with van der Waals surface area (Å²) in [4.78, 5) is 18.5. The first-order valence-corrected chi connectivity index (χ1v) is 9.61. The number of methoxy groups -OCH3 is 1. The molecule has 1 aliphatic heterocycles. The van der Waals surface area contributed by atoms with Crippen LogP contribution in [0.3, 0.4) is 0 Å². The Morgan fingerprint density at radius 1 is 1.28 bits per heavy atom. The molecule has 136 valence electrons. The van der Waals surface area contributed by atoms with Crippen molar-refractivity contribution in [1.82, 2.24) is 9.88 Å². The Morgan fingerprint density at radius 2 is 2.00 bits per heavy atom. The maximum Gasteiger partial charge on any atom is 0.267 e. The van der Waals surface area contributed by atoms with Gasteiger partial charge in [-0.1, -0.05) is 13.3 Å². The molecule has 3 aliphatic rings. The molecule has 5 heteroatoms. The molecule has 1 aromatic rings. The second kappa shape index (κ2) is 6.36. The van der Waals surface area contributed by atoms with Crippen molar-refractivity contribution in [3.63, 3.8) is 0 Å². The fraction of sp³-hybridized carbons (Fsp3) is 0.700. The van der Waals surface area contributed by atoms with Gasteiger partial charge in [-0.15, -0.1) is 0 Å². The van der Waals surface area contributed by atoms with Crippen molar-refractivity contribution in [3.05, 3.63) is 29.6 Å². The second-order valence-corrected chi connectivity index (χ2v) is 8.19. The molecule has 2 heterocycles. The summed E-state index contributed by atoms with van der Waals surface area (Å²) in [6.07, 6.45) is 8.01. The average molecular weight is 343 g/mol. The van der Waals surface area contributed by atoms with Gasteiger partial charge in [0.25, 0.3) is 5.91 Å². The number of hydrogen-bond acceptors (Lipinski definition) is 4. The summed E-state index contributed by atoms with van der Waals surface area (Å²) in [5, 5.41) is 0. The van der Waals surface area contributed by atoms with Gasteiger partial charge in [-0.3, -0.25) is 14.7 Å². The van der Waals surface area contributed by atoms with Crippen LogP contribution in [0.4, 0.5) is 0 Å². The highest BCUT2D eigenvalue weighted by Gasteiger charge is 2.54. The molecule has 2 N–H and O–H groups in total. The van der Waals surface area contributed by atoms with E-state index in [0.717, 1.165) is 30.6 Å². The third-order valence-corrected chi connectivity index (χ3v) is 7.07. The third-order valence-electron chi connectivity index (χ3n) is 7.07. The lowest BCUT2D eigenvalue weighted by molar-refractivity contribution is -0.181. The Labute approximate surface area is 149 Å². The Morgan fingerprint density at radius 3 is 2.52 bits per heavy atom. The number of nitrogens with two attached hydrogens (primary N) is 1. The van der Waals surface area contributed by atoms with Gasteiger partial charge < -0.3 is 10.5 Å². The van der Waals surface area contributed by atoms with E-state index in [0.29, 0.717) is 17.5 Å². The number of aromatic nitrogens is 1. The van der Waals surface area contributed by atoms with E-state index < -0.39 is 5.91 Å². The number of likely N-dealkylation sites (tertiary alicyclic amines) is 1. The van der Waals surface area contributed by atoms with E-state index in [2.05, 4.69) is 16.8 Å². The number of fused-ring (bicyclic) bond motifs is 2. The summed E-state index contributed by atoms with van der Waals surface area (Å²) >= 11 is 0. The topological polar surface area (TPSA) is 68.5 Å². The highest BCUT2D eigenvalue weighted by Crippen LogP contribution is 2.52. The SMILES string of the molecule is CO[C@@]1(c2ccnc(C(N)=O)c2)[C@@H]2CCC[C@H]1CN([C@@H]1CC[C@H]1C)C2. The van der Waals surface area contributed by atoms with Crippen molar-refractivity contribution in [2.24, 2.45) is 23.5 Å². The van der Waals surface area contributed by atoms with E-state index in [1.54, 1.807) is 6.20 Å². The zero-order valence-corrected chi connectivity index (χ0v) is 15.3. The van der Waals surface area contributed by atoms with Crippen LogP contribution >= 0.6 is 0 Å². The minimum absolute atomic E-state index is 0.311. The average Bonchev–Trinajstić information content (AvgIpc) is 2.59. The predicted octanol–water partition coefficient (Wildman–Crippen LogP) is 2.55. The van der Waals surface area contributed by atoms with E-state index in [-0.39, 0.29) is 5.60 Å². The van der Waals surface area contributed by atoms with Gasteiger partial charge in [0.15, 0.2) is 0 Å². The summed E-state index contributed by atoms with van der Waals surface area (Å²) in [6, 6.07) is 4.62. The standard InChI is InChI=1S/C20H29N3O2/c1-13-6-7-18(13)23-11-15-4-3-5-16(12-23)20(15,25-2)14-8-9-22-17(10-14)19(21)24/h8-10,13,15-16,18H,3-7,11-12H2,1-2H3,(H2,21,24)/t13-,15-,16+,18-,20+/m1/s1. The van der Waals surface area contributed by atoms with Crippen LogP contribution in [0.2, 0.25) is 0 Å². The Balaban J connectivity index is 1.69. The van der Waals surface area contributed by atoms with Crippen LogP contribution in [-0.2, 0) is 10.3 Å². The van der Waals surface area contributed by atoms with Gasteiger partial charge in [0, 0.05) is 44.3 Å². The number of carbonyl (C=O) groups excluding carboxylic acids is 1. The number of ether oxygens (including phenoxy) is 1. The fourth-order valence-electron chi connectivity index (χ4n) is 5.66. The molecule has 3 fully saturated rings. The molecule has 2 bridgehead atoms. The van der Waals surface area contributed by atoms with E-state index in [1.165, 1.54) is 32.1 Å². The highest BCUT2D eigenvalue weighted by molar-refractivity contribution is 5.90. The quantitative estimate of drug-likeness (QED) is 0.912. The first kappa shape index (κ1) is 17.0. The third kappa shape index (κ3) is 2.59. The molecule has 1 aromatic heterocycles. The number of hydrogen-bond donors (Lipinski definition) is 1. The van der Waals surface area contributed by atoms with Crippen LogP contribution < -0.4 is 5.73 Å². The number of amides is 1. The number of primary amides is 1. The summed E-state index contributed by atoms with van der Waals surface area (Å²) in [5.41, 5.74) is 6.57. The molecule has 2 saturated carbocycles. The summed E-state index contributed by atoms with van der Waals surface area (Å²) in [7, 11) is 1.83. The maximum atomic E-state index is 11.6. The van der Waals surface area contributed by atoms with Crippen LogP contribution in [0.1, 0.15) is 55.1 Å². The predicted molar refractivity (Wildman–Crippen MR) is 96.0 cm³/mol. The minimum atomic E-state index is -0.473. The minimum Gasteiger partial charge on any atom is -0.373 e. The van der Waals surface area contributed by atoms with Gasteiger partial charge in [-0.05, 0) is 49.3 Å². The fourth-order valence-corrected chi connectivity index (χ4v) is 5.66. The molecule has 2 aliphatic carbocycles. The van der Waals surface area contributed by atoms with Crippen molar-refractivity contribution in [1.29, 1.82) is 0 Å². The smallest absolute Gasteiger partial charge is 0.267 e. The van der Waals surface area contributed by atoms with Gasteiger partial charge >= 0.3 is 0 Å². The van der Waals surface area contributed by atoms with Gasteiger partial charge in [-0.25, -0.2) is 0 Å². The summed E-state index contributed by atoms with van der Waals surface area (Å²) in [5.74, 6) is 1.26. The van der Waals surface area contributed by atoms with Crippen molar-refractivity contribution in [2.75, 3.05) is 20.2 Å². The van der Waals surface area contributed by atoms with Crippen molar-refractivity contribution in [2.45, 2.75) is 50.7 Å². The molecule has 25 heavy (non-hydrogen) atoms. The second-order valence-electron chi connectivity index (χ2n) is 8.19. The molecule has 0 radical (unpaired) electrons. The monoisotopic (exact) mass is 343 g/mol. The maximum absolute atomic E-state index is 11.6. The van der Waals surface area contributed by atoms with Crippen LogP contribution in [0.25, 0.3) is 0 Å². The molecule has 1 saturated heterocycles. The molecule has 1 amide bonds. The Hall–Kier alpha value is -1.46. The first-order valence-electron chi connectivity index (χ1n) is 9.61. The molecular weight excluding hydrogens is 314 g/mol. The number of nitrogens with zero attached hydrogens (tertiary/aromatic N) is 2. The molecule has 0 spiro atoms. The van der Waals surface area contributed by atoms with Crippen LogP contribution in [0.15, 0.2) is 18.3 Å². The summed E-state index contributed by atoms with van der Waals surface area (Å²) < 4.78 is 6.27. The Kier molecular flexibility index (Phi) is 4.32. The number of pyridine rings is 1. The van der Waals surface area contributed by atoms with Gasteiger partial charge in [0.2, 0.25) is 0 Å². The normalized spacial score (nSPS) is 38.2. The molecule has 0 unspecified atom stereocenters. The Bertz CT molecular complexity index is 648. The van der Waals surface area contributed by atoms with Crippen LogP contribution in [0, 0.1) is 17.8 Å². The molecule has 4 rings (SSSR count). The number of piperidine rings is 1. The van der Waals surface area contributed by atoms with Gasteiger partial charge in [0.1, 0.15) is 11.3 Å². The number of carbonyl (C=O) groups is 1. The van der Waals surface area contributed by atoms with Crippen molar-refractivity contribution >= 4 is 5.91 Å². The van der Waals surface area contributed by atoms with Gasteiger partial charge in [0.05, 0.1) is 0 Å². The lowest BCUT2D eigenvalue weighted by Crippen LogP contribution is -2.62. The van der Waals surface area contributed by atoms with Crippen LogP contribution in [0.5, 0.6) is 0 Å². The van der Waals surface area contributed by atoms with Gasteiger partial charge in [-0.2, -0.15) is 0 Å². The summed E-state index contributed by atoms with van der Waals surface area (Å²) in [6.45, 7) is 4.56. The zero-order chi connectivity index (χ0) is 17.6. The zero-order valence-electron chi connectivity index (χ0n) is 15.3. The molecule has 5 atom stereocenters. The van der Waals surface area contributed by atoms with E-state index in [9.17, 15) is 4.79 Å². The van der Waals surface area contributed by atoms with Crippen molar-refractivity contribution in [3.8, 4) is 0 Å². The lowest BCUT2D eigenvalue weighted by atomic mass is 9.61. The highest BCUT2D eigenvalue weighted by atomic mass is 16.5. The number of rotatable bonds is 4. The van der Waals surface area contributed by atoms with E-state index in [4.69, 9.17) is 10.5 Å². The lowest BCUT2D eigenvalue weighted by Gasteiger charge is -2.58. The van der Waals surface area contributed by atoms with E-state index in [1.807, 2.05) is 19.2 Å².